The monoisotopic (exact) mass is 252 g/mol. The van der Waals surface area contributed by atoms with Crippen LogP contribution in [0.3, 0.4) is 0 Å². The van der Waals surface area contributed by atoms with Crippen molar-refractivity contribution in [3.63, 3.8) is 0 Å². The van der Waals surface area contributed by atoms with E-state index in [-0.39, 0.29) is 5.69 Å². The SMILES string of the molecule is Cc1cnc(F)c(N)c1I. The van der Waals surface area contributed by atoms with Crippen molar-refractivity contribution in [1.82, 2.24) is 4.98 Å². The summed E-state index contributed by atoms with van der Waals surface area (Å²) in [6.07, 6.45) is 1.47. The van der Waals surface area contributed by atoms with Crippen LogP contribution in [0.4, 0.5) is 10.1 Å². The van der Waals surface area contributed by atoms with Crippen LogP contribution in [0.2, 0.25) is 0 Å². The molecule has 1 rings (SSSR count). The zero-order valence-electron chi connectivity index (χ0n) is 5.36. The van der Waals surface area contributed by atoms with E-state index in [9.17, 15) is 4.39 Å². The maximum Gasteiger partial charge on any atom is 0.237 e. The van der Waals surface area contributed by atoms with Gasteiger partial charge in [0.1, 0.15) is 5.69 Å². The summed E-state index contributed by atoms with van der Waals surface area (Å²) in [6.45, 7) is 1.84. The molecular formula is C6H6FIN2. The van der Waals surface area contributed by atoms with E-state index in [2.05, 4.69) is 4.98 Å². The molecule has 0 saturated heterocycles. The molecule has 4 heteroatoms. The van der Waals surface area contributed by atoms with Gasteiger partial charge in [-0.1, -0.05) is 0 Å². The van der Waals surface area contributed by atoms with Crippen molar-refractivity contribution in [3.8, 4) is 0 Å². The second kappa shape index (κ2) is 2.69. The number of rotatable bonds is 0. The lowest BCUT2D eigenvalue weighted by Gasteiger charge is -2.00. The molecule has 10 heavy (non-hydrogen) atoms. The summed E-state index contributed by atoms with van der Waals surface area (Å²) < 4.78 is 13.3. The number of aromatic nitrogens is 1. The van der Waals surface area contributed by atoms with Gasteiger partial charge in [0, 0.05) is 9.77 Å². The van der Waals surface area contributed by atoms with Crippen LogP contribution in [0.15, 0.2) is 6.20 Å². The number of pyridine rings is 1. The van der Waals surface area contributed by atoms with Gasteiger partial charge in [-0.15, -0.1) is 0 Å². The van der Waals surface area contributed by atoms with Crippen LogP contribution in [0.5, 0.6) is 0 Å². The molecule has 0 atom stereocenters. The van der Waals surface area contributed by atoms with Crippen molar-refractivity contribution in [2.75, 3.05) is 5.73 Å². The molecule has 54 valence electrons. The number of nitrogen functional groups attached to an aromatic ring is 1. The van der Waals surface area contributed by atoms with Crippen molar-refractivity contribution in [3.05, 3.63) is 21.3 Å². The molecule has 0 aliphatic heterocycles. The zero-order valence-corrected chi connectivity index (χ0v) is 7.52. The largest absolute Gasteiger partial charge is 0.394 e. The third kappa shape index (κ3) is 1.21. The molecule has 0 fully saturated rings. The molecule has 0 unspecified atom stereocenters. The van der Waals surface area contributed by atoms with Gasteiger partial charge in [0.25, 0.3) is 0 Å². The van der Waals surface area contributed by atoms with E-state index >= 15 is 0 Å². The molecule has 1 heterocycles. The smallest absolute Gasteiger partial charge is 0.237 e. The van der Waals surface area contributed by atoms with E-state index in [0.29, 0.717) is 0 Å². The van der Waals surface area contributed by atoms with Crippen molar-refractivity contribution in [2.24, 2.45) is 0 Å². The van der Waals surface area contributed by atoms with E-state index in [4.69, 9.17) is 5.73 Å². The predicted molar refractivity (Wildman–Crippen MR) is 46.1 cm³/mol. The molecule has 0 aliphatic carbocycles. The van der Waals surface area contributed by atoms with Crippen molar-refractivity contribution >= 4 is 28.3 Å². The molecule has 2 N–H and O–H groups in total. The first kappa shape index (κ1) is 7.71. The lowest BCUT2D eigenvalue weighted by Crippen LogP contribution is -1.98. The fourth-order valence-electron chi connectivity index (χ4n) is 0.583. The lowest BCUT2D eigenvalue weighted by atomic mass is 10.3. The second-order valence-electron chi connectivity index (χ2n) is 1.96. The molecular weight excluding hydrogens is 246 g/mol. The Kier molecular flexibility index (Phi) is 2.08. The number of hydrogen-bond donors (Lipinski definition) is 1. The minimum atomic E-state index is -0.588. The maximum absolute atomic E-state index is 12.5. The Labute approximate surface area is 71.8 Å². The number of halogens is 2. The molecule has 0 aliphatic rings. The zero-order chi connectivity index (χ0) is 7.72. The first-order chi connectivity index (χ1) is 4.63. The van der Waals surface area contributed by atoms with E-state index in [1.54, 1.807) is 0 Å². The normalized spacial score (nSPS) is 9.90. The van der Waals surface area contributed by atoms with Crippen LogP contribution in [0.25, 0.3) is 0 Å². The van der Waals surface area contributed by atoms with Crippen LogP contribution in [0, 0.1) is 16.4 Å². The molecule has 0 aromatic carbocycles. The second-order valence-corrected chi connectivity index (χ2v) is 3.04. The first-order valence-electron chi connectivity index (χ1n) is 2.69. The Balaban J connectivity index is 3.34. The molecule has 1 aromatic rings. The summed E-state index contributed by atoms with van der Waals surface area (Å²) in [4.78, 5) is 3.44. The van der Waals surface area contributed by atoms with Crippen LogP contribution < -0.4 is 5.73 Å². The van der Waals surface area contributed by atoms with Gasteiger partial charge in [0.15, 0.2) is 0 Å². The van der Waals surface area contributed by atoms with Gasteiger partial charge in [-0.3, -0.25) is 0 Å². The Bertz CT molecular complexity index is 235. The van der Waals surface area contributed by atoms with E-state index in [0.717, 1.165) is 9.13 Å². The fraction of sp³-hybridized carbons (Fsp3) is 0.167. The summed E-state index contributed by atoms with van der Waals surface area (Å²) in [5.41, 5.74) is 6.38. The molecule has 0 saturated carbocycles. The molecule has 0 amide bonds. The Morgan fingerprint density at radius 2 is 2.30 bits per heavy atom. The van der Waals surface area contributed by atoms with Gasteiger partial charge in [0.2, 0.25) is 5.95 Å². The number of aryl methyl sites for hydroxylation is 1. The van der Waals surface area contributed by atoms with Gasteiger partial charge in [-0.05, 0) is 35.1 Å². The highest BCUT2D eigenvalue weighted by Gasteiger charge is 2.04. The molecule has 2 nitrogen and oxygen atoms in total. The van der Waals surface area contributed by atoms with E-state index in [1.807, 2.05) is 29.5 Å². The fourth-order valence-corrected chi connectivity index (χ4v) is 0.944. The summed E-state index contributed by atoms with van der Waals surface area (Å²) in [5.74, 6) is -0.588. The Morgan fingerprint density at radius 1 is 1.70 bits per heavy atom. The van der Waals surface area contributed by atoms with Gasteiger partial charge in [-0.2, -0.15) is 4.39 Å². The van der Waals surface area contributed by atoms with Crippen molar-refractivity contribution < 1.29 is 4.39 Å². The van der Waals surface area contributed by atoms with Gasteiger partial charge < -0.3 is 5.73 Å². The number of anilines is 1. The molecule has 0 spiro atoms. The number of hydrogen-bond acceptors (Lipinski definition) is 2. The Hall–Kier alpha value is -0.390. The molecule has 0 bridgehead atoms. The van der Waals surface area contributed by atoms with Gasteiger partial charge in [0.05, 0.1) is 0 Å². The number of nitrogens with two attached hydrogens (primary N) is 1. The highest BCUT2D eigenvalue weighted by molar-refractivity contribution is 14.1. The van der Waals surface area contributed by atoms with Crippen molar-refractivity contribution in [2.45, 2.75) is 6.92 Å². The van der Waals surface area contributed by atoms with Crippen LogP contribution in [-0.4, -0.2) is 4.98 Å². The summed E-state index contributed by atoms with van der Waals surface area (Å²) in [5, 5.41) is 0. The standard InChI is InChI=1S/C6H6FIN2/c1-3-2-10-6(7)5(9)4(3)8/h2H,9H2,1H3. The van der Waals surface area contributed by atoms with Crippen molar-refractivity contribution in [1.29, 1.82) is 0 Å². The summed E-state index contributed by atoms with van der Waals surface area (Å²) >= 11 is 1.99. The van der Waals surface area contributed by atoms with E-state index in [1.165, 1.54) is 6.20 Å². The first-order valence-corrected chi connectivity index (χ1v) is 3.77. The Morgan fingerprint density at radius 3 is 2.80 bits per heavy atom. The average molecular weight is 252 g/mol. The highest BCUT2D eigenvalue weighted by atomic mass is 127. The summed E-state index contributed by atoms with van der Waals surface area (Å²) in [6, 6.07) is 0. The van der Waals surface area contributed by atoms with Crippen LogP contribution in [-0.2, 0) is 0 Å². The lowest BCUT2D eigenvalue weighted by molar-refractivity contribution is 0.587. The van der Waals surface area contributed by atoms with Gasteiger partial charge >= 0.3 is 0 Å². The quantitative estimate of drug-likeness (QED) is 0.564. The number of nitrogens with zero attached hydrogens (tertiary/aromatic N) is 1. The predicted octanol–water partition coefficient (Wildman–Crippen LogP) is 1.72. The highest BCUT2D eigenvalue weighted by Crippen LogP contribution is 2.19. The van der Waals surface area contributed by atoms with Crippen LogP contribution in [0.1, 0.15) is 5.56 Å². The average Bonchev–Trinajstić information content (AvgIpc) is 1.93. The molecule has 0 radical (unpaired) electrons. The minimum Gasteiger partial charge on any atom is -0.394 e. The van der Waals surface area contributed by atoms with Crippen LogP contribution >= 0.6 is 22.6 Å². The van der Waals surface area contributed by atoms with Gasteiger partial charge in [-0.25, -0.2) is 4.98 Å². The van der Waals surface area contributed by atoms with E-state index < -0.39 is 5.95 Å². The topological polar surface area (TPSA) is 38.9 Å². The maximum atomic E-state index is 12.5. The summed E-state index contributed by atoms with van der Waals surface area (Å²) in [7, 11) is 0. The third-order valence-corrected chi connectivity index (χ3v) is 2.61. The third-order valence-electron chi connectivity index (χ3n) is 1.18. The molecule has 1 aromatic heterocycles. The minimum absolute atomic E-state index is 0.139.